The van der Waals surface area contributed by atoms with E-state index >= 15 is 0 Å². The topological polar surface area (TPSA) is 81.5 Å². The molecular weight excluding hydrogens is 308 g/mol. The minimum Gasteiger partial charge on any atom is -0.477 e. The van der Waals surface area contributed by atoms with E-state index in [2.05, 4.69) is 5.32 Å². The molecular formula is C15H13ClN2O4. The summed E-state index contributed by atoms with van der Waals surface area (Å²) in [6.07, 6.45) is 0. The lowest BCUT2D eigenvalue weighted by molar-refractivity contribution is -0.385. The Morgan fingerprint density at radius 3 is 2.59 bits per heavy atom. The molecule has 1 N–H and O–H groups in total. The Morgan fingerprint density at radius 1 is 1.27 bits per heavy atom. The normalized spacial score (nSPS) is 10.1. The van der Waals surface area contributed by atoms with E-state index in [-0.39, 0.29) is 23.1 Å². The molecule has 7 heteroatoms. The molecule has 0 aliphatic heterocycles. The number of rotatable bonds is 5. The van der Waals surface area contributed by atoms with Crippen molar-refractivity contribution in [2.45, 2.75) is 6.92 Å². The van der Waals surface area contributed by atoms with Crippen molar-refractivity contribution in [3.8, 4) is 5.75 Å². The number of nitro benzene ring substituents is 1. The third-order valence-corrected chi connectivity index (χ3v) is 3.05. The Labute approximate surface area is 131 Å². The molecule has 0 aliphatic carbocycles. The highest BCUT2D eigenvalue weighted by Crippen LogP contribution is 2.29. The monoisotopic (exact) mass is 320 g/mol. The van der Waals surface area contributed by atoms with Crippen LogP contribution >= 0.6 is 11.6 Å². The lowest BCUT2D eigenvalue weighted by Crippen LogP contribution is -2.20. The number of hydrogen-bond acceptors (Lipinski definition) is 4. The summed E-state index contributed by atoms with van der Waals surface area (Å²) >= 11 is 5.70. The van der Waals surface area contributed by atoms with Crippen LogP contribution < -0.4 is 10.1 Å². The van der Waals surface area contributed by atoms with Crippen molar-refractivity contribution in [3.05, 3.63) is 63.2 Å². The zero-order valence-corrected chi connectivity index (χ0v) is 12.5. The number of nitrogens with one attached hydrogen (secondary N) is 1. The van der Waals surface area contributed by atoms with Crippen molar-refractivity contribution in [2.75, 3.05) is 11.9 Å². The van der Waals surface area contributed by atoms with Crippen LogP contribution in [0.5, 0.6) is 5.75 Å². The fourth-order valence-electron chi connectivity index (χ4n) is 1.73. The summed E-state index contributed by atoms with van der Waals surface area (Å²) in [6.45, 7) is 1.60. The number of carbonyl (C=O) groups is 1. The number of benzene rings is 2. The van der Waals surface area contributed by atoms with E-state index in [0.29, 0.717) is 5.69 Å². The summed E-state index contributed by atoms with van der Waals surface area (Å²) in [5, 5.41) is 13.8. The first-order chi connectivity index (χ1) is 10.5. The molecule has 0 fully saturated rings. The Bertz CT molecular complexity index is 701. The van der Waals surface area contributed by atoms with Gasteiger partial charge in [-0.3, -0.25) is 14.9 Å². The molecule has 114 valence electrons. The van der Waals surface area contributed by atoms with Crippen LogP contribution in [0.1, 0.15) is 5.56 Å². The average Bonchev–Trinajstić information content (AvgIpc) is 2.48. The lowest BCUT2D eigenvalue weighted by Gasteiger charge is -2.08. The maximum absolute atomic E-state index is 11.8. The molecule has 1 amide bonds. The molecule has 0 aromatic heterocycles. The second-order valence-electron chi connectivity index (χ2n) is 4.57. The van der Waals surface area contributed by atoms with Gasteiger partial charge in [-0.05, 0) is 31.2 Å². The predicted molar refractivity (Wildman–Crippen MR) is 83.4 cm³/mol. The quantitative estimate of drug-likeness (QED) is 0.674. The van der Waals surface area contributed by atoms with Gasteiger partial charge in [-0.2, -0.15) is 0 Å². The summed E-state index contributed by atoms with van der Waals surface area (Å²) in [5.41, 5.74) is 1.42. The smallest absolute Gasteiger partial charge is 0.312 e. The maximum Gasteiger partial charge on any atom is 0.312 e. The lowest BCUT2D eigenvalue weighted by atomic mass is 10.2. The zero-order valence-electron chi connectivity index (χ0n) is 11.7. The predicted octanol–water partition coefficient (Wildman–Crippen LogP) is 3.57. The fourth-order valence-corrected chi connectivity index (χ4v) is 1.90. The number of anilines is 1. The molecule has 22 heavy (non-hydrogen) atoms. The van der Waals surface area contributed by atoms with Crippen molar-refractivity contribution in [2.24, 2.45) is 0 Å². The Hall–Kier alpha value is -2.60. The number of aryl methyl sites for hydroxylation is 1. The number of halogens is 1. The number of carbonyl (C=O) groups excluding carboxylic acids is 1. The van der Waals surface area contributed by atoms with Crippen LogP contribution in [-0.2, 0) is 4.79 Å². The first-order valence-corrected chi connectivity index (χ1v) is 6.77. The van der Waals surface area contributed by atoms with Gasteiger partial charge >= 0.3 is 5.69 Å². The number of hydrogen-bond donors (Lipinski definition) is 1. The van der Waals surface area contributed by atoms with Crippen LogP contribution in [0, 0.1) is 17.0 Å². The first-order valence-electron chi connectivity index (χ1n) is 6.39. The molecule has 0 saturated heterocycles. The van der Waals surface area contributed by atoms with Gasteiger partial charge in [0.2, 0.25) is 0 Å². The van der Waals surface area contributed by atoms with Crippen LogP contribution in [-0.4, -0.2) is 17.4 Å². The van der Waals surface area contributed by atoms with Crippen LogP contribution in [0.4, 0.5) is 11.4 Å². The van der Waals surface area contributed by atoms with Gasteiger partial charge in [-0.15, -0.1) is 0 Å². The third kappa shape index (κ3) is 4.20. The molecule has 0 bridgehead atoms. The molecule has 0 unspecified atom stereocenters. The second-order valence-corrected chi connectivity index (χ2v) is 5.01. The van der Waals surface area contributed by atoms with Crippen molar-refractivity contribution in [1.29, 1.82) is 0 Å². The van der Waals surface area contributed by atoms with Crippen molar-refractivity contribution in [3.63, 3.8) is 0 Å². The zero-order chi connectivity index (χ0) is 16.1. The van der Waals surface area contributed by atoms with E-state index < -0.39 is 10.8 Å². The van der Waals surface area contributed by atoms with E-state index in [9.17, 15) is 14.9 Å². The van der Waals surface area contributed by atoms with E-state index in [4.69, 9.17) is 16.3 Å². The van der Waals surface area contributed by atoms with Crippen molar-refractivity contribution < 1.29 is 14.5 Å². The van der Waals surface area contributed by atoms with Gasteiger partial charge in [0.25, 0.3) is 5.91 Å². The molecule has 2 aromatic carbocycles. The largest absolute Gasteiger partial charge is 0.477 e. The summed E-state index contributed by atoms with van der Waals surface area (Å²) in [6, 6.07) is 11.2. The first kappa shape index (κ1) is 15.8. The molecule has 0 radical (unpaired) electrons. The highest BCUT2D eigenvalue weighted by Gasteiger charge is 2.16. The summed E-state index contributed by atoms with van der Waals surface area (Å²) in [4.78, 5) is 22.1. The van der Waals surface area contributed by atoms with Crippen molar-refractivity contribution >= 4 is 28.9 Å². The van der Waals surface area contributed by atoms with E-state index in [0.717, 1.165) is 5.56 Å². The molecule has 0 heterocycles. The minimum absolute atomic E-state index is 0.00606. The third-order valence-electron chi connectivity index (χ3n) is 2.81. The van der Waals surface area contributed by atoms with Gasteiger partial charge in [0, 0.05) is 16.8 Å². The maximum atomic E-state index is 11.8. The van der Waals surface area contributed by atoms with E-state index in [1.165, 1.54) is 18.2 Å². The van der Waals surface area contributed by atoms with Gasteiger partial charge in [-0.25, -0.2) is 0 Å². The van der Waals surface area contributed by atoms with Crippen LogP contribution in [0.2, 0.25) is 5.02 Å². The number of amides is 1. The Morgan fingerprint density at radius 2 is 1.95 bits per heavy atom. The second kappa shape index (κ2) is 6.91. The molecule has 2 rings (SSSR count). The van der Waals surface area contributed by atoms with Crippen molar-refractivity contribution in [1.82, 2.24) is 0 Å². The van der Waals surface area contributed by atoms with Gasteiger partial charge in [0.05, 0.1) is 4.92 Å². The molecule has 0 spiro atoms. The summed E-state index contributed by atoms with van der Waals surface area (Å²) < 4.78 is 5.20. The number of nitrogens with zero attached hydrogens (tertiary/aromatic N) is 1. The van der Waals surface area contributed by atoms with E-state index in [1.807, 2.05) is 19.1 Å². The van der Waals surface area contributed by atoms with Crippen LogP contribution in [0.15, 0.2) is 42.5 Å². The minimum atomic E-state index is -0.612. The fraction of sp³-hybridized carbons (Fsp3) is 0.133. The summed E-state index contributed by atoms with van der Waals surface area (Å²) in [7, 11) is 0. The Kier molecular flexibility index (Phi) is 4.95. The number of nitro groups is 1. The molecule has 2 aromatic rings. The van der Waals surface area contributed by atoms with Gasteiger partial charge in [0.15, 0.2) is 12.4 Å². The number of ether oxygens (including phenoxy) is 1. The highest BCUT2D eigenvalue weighted by molar-refractivity contribution is 6.30. The van der Waals surface area contributed by atoms with Gasteiger partial charge in [-0.1, -0.05) is 29.3 Å². The van der Waals surface area contributed by atoms with Crippen LogP contribution in [0.25, 0.3) is 0 Å². The summed E-state index contributed by atoms with van der Waals surface area (Å²) in [5.74, 6) is -0.415. The molecule has 0 atom stereocenters. The molecule has 6 nitrogen and oxygen atoms in total. The van der Waals surface area contributed by atoms with E-state index in [1.54, 1.807) is 12.1 Å². The average molecular weight is 321 g/mol. The van der Waals surface area contributed by atoms with Crippen LogP contribution in [0.3, 0.4) is 0 Å². The SMILES string of the molecule is Cc1ccc(NC(=O)COc2ccc(Cl)cc2[N+](=O)[O-])cc1. The standard InChI is InChI=1S/C15H13ClN2O4/c1-10-2-5-12(6-3-10)17-15(19)9-22-14-7-4-11(16)8-13(14)18(20)21/h2-8H,9H2,1H3,(H,17,19). The molecule has 0 aliphatic rings. The highest BCUT2D eigenvalue weighted by atomic mass is 35.5. The molecule has 0 saturated carbocycles. The Balaban J connectivity index is 1.99. The van der Waals surface area contributed by atoms with Gasteiger partial charge < -0.3 is 10.1 Å². The van der Waals surface area contributed by atoms with Gasteiger partial charge in [0.1, 0.15) is 0 Å².